The minimum Gasteiger partial charge on any atom is -0.516 e. The van der Waals surface area contributed by atoms with Crippen molar-refractivity contribution in [2.24, 2.45) is 0 Å². The van der Waals surface area contributed by atoms with E-state index in [4.69, 9.17) is 5.11 Å². The van der Waals surface area contributed by atoms with Crippen LogP contribution in [0.1, 0.15) is 103 Å². The Bertz CT molecular complexity index is 230. The van der Waals surface area contributed by atoms with E-state index in [1.165, 1.54) is 89.9 Å². The monoisotopic (exact) mass is 294 g/mol. The van der Waals surface area contributed by atoms with Crippen molar-refractivity contribution in [2.45, 2.75) is 103 Å². The summed E-state index contributed by atoms with van der Waals surface area (Å²) in [5.41, 5.74) is 0. The van der Waals surface area contributed by atoms with Crippen molar-refractivity contribution in [3.8, 4) is 0 Å². The van der Waals surface area contributed by atoms with E-state index >= 15 is 0 Å². The van der Waals surface area contributed by atoms with Gasteiger partial charge in [0, 0.05) is 0 Å². The van der Waals surface area contributed by atoms with Gasteiger partial charge in [0.1, 0.15) is 0 Å². The highest BCUT2D eigenvalue weighted by molar-refractivity contribution is 4.81. The van der Waals surface area contributed by atoms with E-state index in [0.29, 0.717) is 0 Å². The second-order valence-electron chi connectivity index (χ2n) is 6.11. The van der Waals surface area contributed by atoms with Gasteiger partial charge in [0.25, 0.3) is 0 Å². The van der Waals surface area contributed by atoms with E-state index in [2.05, 4.69) is 19.1 Å². The quantitative estimate of drug-likeness (QED) is 0.178. The predicted molar refractivity (Wildman–Crippen MR) is 95.8 cm³/mol. The maximum absolute atomic E-state index is 8.50. The fraction of sp³-hybridized carbons (Fsp3) is 0.800. The van der Waals surface area contributed by atoms with E-state index in [-0.39, 0.29) is 0 Å². The fourth-order valence-corrected chi connectivity index (χ4v) is 2.58. The Hall–Kier alpha value is -0.720. The van der Waals surface area contributed by atoms with Crippen LogP contribution in [0.3, 0.4) is 0 Å². The standard InChI is InChI=1S/C20H38O/c1-2-3-4-5-6-7-8-9-10-11-12-13-14-15-16-17-18-19-20-21/h9-10,19-21H,2-8,11-18H2,1H3/b10-9-,20-19?. The van der Waals surface area contributed by atoms with Gasteiger partial charge in [-0.2, -0.15) is 0 Å². The largest absolute Gasteiger partial charge is 0.516 e. The molecule has 0 spiro atoms. The van der Waals surface area contributed by atoms with Crippen LogP contribution < -0.4 is 0 Å². The zero-order valence-electron chi connectivity index (χ0n) is 14.4. The Labute approximate surface area is 133 Å². The van der Waals surface area contributed by atoms with E-state index in [9.17, 15) is 0 Å². The SMILES string of the molecule is CCCCCCCC/C=C\CCCCCCCCC=CO. The molecule has 0 aliphatic rings. The first-order valence-corrected chi connectivity index (χ1v) is 9.36. The lowest BCUT2D eigenvalue weighted by atomic mass is 10.1. The highest BCUT2D eigenvalue weighted by Crippen LogP contribution is 2.10. The smallest absolute Gasteiger partial charge is 0.0751 e. The fourth-order valence-electron chi connectivity index (χ4n) is 2.58. The highest BCUT2D eigenvalue weighted by Gasteiger charge is 1.90. The van der Waals surface area contributed by atoms with Gasteiger partial charge in [-0.05, 0) is 38.5 Å². The van der Waals surface area contributed by atoms with Crippen LogP contribution in [0.2, 0.25) is 0 Å². The van der Waals surface area contributed by atoms with Gasteiger partial charge < -0.3 is 5.11 Å². The molecule has 0 amide bonds. The first kappa shape index (κ1) is 20.3. The minimum atomic E-state index is 1.03. The molecule has 1 heteroatoms. The molecule has 0 heterocycles. The van der Waals surface area contributed by atoms with Crippen LogP contribution in [0.25, 0.3) is 0 Å². The molecular weight excluding hydrogens is 256 g/mol. The number of hydrogen-bond donors (Lipinski definition) is 1. The normalized spacial score (nSPS) is 11.9. The summed E-state index contributed by atoms with van der Waals surface area (Å²) < 4.78 is 0. The molecule has 0 aliphatic heterocycles. The van der Waals surface area contributed by atoms with Gasteiger partial charge in [-0.1, -0.05) is 82.9 Å². The summed E-state index contributed by atoms with van der Waals surface area (Å²) in [5.74, 6) is 0. The summed E-state index contributed by atoms with van der Waals surface area (Å²) in [6.07, 6.45) is 27.7. The Balaban J connectivity index is 3.05. The lowest BCUT2D eigenvalue weighted by Crippen LogP contribution is -1.80. The molecule has 0 aliphatic carbocycles. The summed E-state index contributed by atoms with van der Waals surface area (Å²) in [6.45, 7) is 2.28. The van der Waals surface area contributed by atoms with Crippen LogP contribution in [0, 0.1) is 0 Å². The summed E-state index contributed by atoms with van der Waals surface area (Å²) in [5, 5.41) is 8.50. The Morgan fingerprint density at radius 1 is 0.524 bits per heavy atom. The van der Waals surface area contributed by atoms with Crippen LogP contribution in [0.15, 0.2) is 24.5 Å². The number of unbranched alkanes of at least 4 members (excludes halogenated alkanes) is 13. The molecule has 21 heavy (non-hydrogen) atoms. The average Bonchev–Trinajstić information content (AvgIpc) is 2.50. The van der Waals surface area contributed by atoms with Crippen molar-refractivity contribution in [1.29, 1.82) is 0 Å². The van der Waals surface area contributed by atoms with Crippen LogP contribution in [-0.4, -0.2) is 5.11 Å². The first-order chi connectivity index (χ1) is 10.4. The van der Waals surface area contributed by atoms with Gasteiger partial charge in [0.15, 0.2) is 0 Å². The topological polar surface area (TPSA) is 20.2 Å². The third-order valence-electron chi connectivity index (χ3n) is 3.99. The molecule has 1 nitrogen and oxygen atoms in total. The van der Waals surface area contributed by atoms with Crippen LogP contribution in [0.5, 0.6) is 0 Å². The molecule has 0 atom stereocenters. The van der Waals surface area contributed by atoms with E-state index in [0.717, 1.165) is 12.7 Å². The van der Waals surface area contributed by atoms with Gasteiger partial charge >= 0.3 is 0 Å². The highest BCUT2D eigenvalue weighted by atomic mass is 16.2. The van der Waals surface area contributed by atoms with Crippen molar-refractivity contribution in [1.82, 2.24) is 0 Å². The van der Waals surface area contributed by atoms with Gasteiger partial charge in [-0.25, -0.2) is 0 Å². The Morgan fingerprint density at radius 2 is 0.905 bits per heavy atom. The molecule has 0 saturated carbocycles. The van der Waals surface area contributed by atoms with Crippen LogP contribution >= 0.6 is 0 Å². The summed E-state index contributed by atoms with van der Waals surface area (Å²) >= 11 is 0. The van der Waals surface area contributed by atoms with Gasteiger partial charge in [-0.3, -0.25) is 0 Å². The molecule has 0 radical (unpaired) electrons. The maximum atomic E-state index is 8.50. The summed E-state index contributed by atoms with van der Waals surface area (Å²) in [4.78, 5) is 0. The Morgan fingerprint density at radius 3 is 1.33 bits per heavy atom. The molecule has 0 rings (SSSR count). The van der Waals surface area contributed by atoms with E-state index in [1.54, 1.807) is 0 Å². The minimum absolute atomic E-state index is 1.03. The van der Waals surface area contributed by atoms with Gasteiger partial charge in [-0.15, -0.1) is 0 Å². The average molecular weight is 295 g/mol. The second-order valence-corrected chi connectivity index (χ2v) is 6.11. The molecule has 124 valence electrons. The van der Waals surface area contributed by atoms with Gasteiger partial charge in [0.2, 0.25) is 0 Å². The lowest BCUT2D eigenvalue weighted by molar-refractivity contribution is 0.469. The van der Waals surface area contributed by atoms with Crippen molar-refractivity contribution >= 4 is 0 Å². The van der Waals surface area contributed by atoms with Crippen molar-refractivity contribution in [3.63, 3.8) is 0 Å². The number of hydrogen-bond acceptors (Lipinski definition) is 1. The molecule has 0 bridgehead atoms. The first-order valence-electron chi connectivity index (χ1n) is 9.36. The van der Waals surface area contributed by atoms with Crippen LogP contribution in [-0.2, 0) is 0 Å². The van der Waals surface area contributed by atoms with Crippen LogP contribution in [0.4, 0.5) is 0 Å². The molecule has 1 N–H and O–H groups in total. The number of aliphatic hydroxyl groups excluding tert-OH is 1. The van der Waals surface area contributed by atoms with Crippen molar-refractivity contribution < 1.29 is 5.11 Å². The number of allylic oxidation sites excluding steroid dienone is 3. The molecule has 0 aromatic heterocycles. The van der Waals surface area contributed by atoms with Gasteiger partial charge in [0.05, 0.1) is 6.26 Å². The zero-order valence-corrected chi connectivity index (χ0v) is 14.4. The summed E-state index contributed by atoms with van der Waals surface area (Å²) in [6, 6.07) is 0. The van der Waals surface area contributed by atoms with E-state index in [1.807, 2.05) is 6.08 Å². The molecule has 0 unspecified atom stereocenters. The van der Waals surface area contributed by atoms with E-state index < -0.39 is 0 Å². The Kier molecular flexibility index (Phi) is 18.6. The third kappa shape index (κ3) is 19.3. The second kappa shape index (κ2) is 19.3. The third-order valence-corrected chi connectivity index (χ3v) is 3.99. The number of rotatable bonds is 16. The molecular formula is C20H38O. The maximum Gasteiger partial charge on any atom is 0.0751 e. The molecule has 0 aromatic carbocycles. The lowest BCUT2D eigenvalue weighted by Gasteiger charge is -1.99. The molecule has 0 fully saturated rings. The molecule has 0 aromatic rings. The zero-order chi connectivity index (χ0) is 15.4. The predicted octanol–water partition coefficient (Wildman–Crippen LogP) is 7.49. The summed E-state index contributed by atoms with van der Waals surface area (Å²) in [7, 11) is 0. The van der Waals surface area contributed by atoms with Crippen molar-refractivity contribution in [3.05, 3.63) is 24.5 Å². The number of aliphatic hydroxyl groups is 1. The molecule has 0 saturated heterocycles. The van der Waals surface area contributed by atoms with Crippen molar-refractivity contribution in [2.75, 3.05) is 0 Å².